The molecule has 1 aromatic heterocycles. The number of anilines is 1. The molecule has 1 atom stereocenters. The quantitative estimate of drug-likeness (QED) is 0.869. The smallest absolute Gasteiger partial charge is 0.144 e. The fourth-order valence-electron chi connectivity index (χ4n) is 1.58. The maximum absolute atomic E-state index is 13.6. The number of hydrogen-bond donors (Lipinski definition) is 1. The summed E-state index contributed by atoms with van der Waals surface area (Å²) in [6, 6.07) is 9.22. The van der Waals surface area contributed by atoms with Gasteiger partial charge in [-0.3, -0.25) is 4.21 Å². The molecule has 96 valence electrons. The Hall–Kier alpha value is -2.26. The number of aromatic nitrogens is 1. The molecule has 1 unspecified atom stereocenters. The molecule has 6 heteroatoms. The van der Waals surface area contributed by atoms with Crippen LogP contribution in [0.2, 0.25) is 0 Å². The first-order valence-electron chi connectivity index (χ1n) is 5.39. The first kappa shape index (κ1) is 13.2. The van der Waals surface area contributed by atoms with Crippen molar-refractivity contribution in [3.8, 4) is 6.07 Å². The molecule has 2 aromatic rings. The standard InChI is InChI=1S/C13H10FN3OS/c14-11-6-10(16)3-4-13(11)19(18)8-9-2-1-5-17-12(9)7-15/h1-6H,8,16H2. The largest absolute Gasteiger partial charge is 0.399 e. The van der Waals surface area contributed by atoms with Crippen LogP contribution in [0.4, 0.5) is 10.1 Å². The van der Waals surface area contributed by atoms with Gasteiger partial charge in [0.15, 0.2) is 0 Å². The van der Waals surface area contributed by atoms with Gasteiger partial charge < -0.3 is 5.73 Å². The molecule has 0 aliphatic heterocycles. The Balaban J connectivity index is 2.29. The molecule has 0 aliphatic carbocycles. The van der Waals surface area contributed by atoms with Gasteiger partial charge in [-0.15, -0.1) is 0 Å². The number of hydrogen-bond acceptors (Lipinski definition) is 4. The topological polar surface area (TPSA) is 79.8 Å². The summed E-state index contributed by atoms with van der Waals surface area (Å²) in [7, 11) is -1.59. The van der Waals surface area contributed by atoms with Crippen molar-refractivity contribution in [1.82, 2.24) is 4.98 Å². The summed E-state index contributed by atoms with van der Waals surface area (Å²) in [4.78, 5) is 3.94. The predicted octanol–water partition coefficient (Wildman–Crippen LogP) is 1.98. The van der Waals surface area contributed by atoms with E-state index >= 15 is 0 Å². The van der Waals surface area contributed by atoms with Crippen LogP contribution in [0.1, 0.15) is 11.3 Å². The number of rotatable bonds is 3. The molecule has 0 radical (unpaired) electrons. The molecule has 0 saturated heterocycles. The zero-order chi connectivity index (χ0) is 13.8. The lowest BCUT2D eigenvalue weighted by atomic mass is 10.2. The molecule has 0 amide bonds. The van der Waals surface area contributed by atoms with E-state index < -0.39 is 16.6 Å². The molecular weight excluding hydrogens is 265 g/mol. The van der Waals surface area contributed by atoms with Crippen molar-refractivity contribution < 1.29 is 8.60 Å². The maximum atomic E-state index is 13.6. The van der Waals surface area contributed by atoms with Gasteiger partial charge in [-0.1, -0.05) is 6.07 Å². The Morgan fingerprint density at radius 3 is 2.89 bits per heavy atom. The molecule has 2 rings (SSSR count). The minimum atomic E-state index is -1.59. The van der Waals surface area contributed by atoms with E-state index in [9.17, 15) is 8.60 Å². The van der Waals surface area contributed by atoms with E-state index in [1.807, 2.05) is 6.07 Å². The van der Waals surface area contributed by atoms with Crippen molar-refractivity contribution in [1.29, 1.82) is 5.26 Å². The second-order valence-electron chi connectivity index (χ2n) is 3.80. The normalized spacial score (nSPS) is 11.8. The highest BCUT2D eigenvalue weighted by Gasteiger charge is 2.13. The summed E-state index contributed by atoms with van der Waals surface area (Å²) in [5.74, 6) is -0.571. The Kier molecular flexibility index (Phi) is 3.88. The van der Waals surface area contributed by atoms with E-state index in [4.69, 9.17) is 11.0 Å². The van der Waals surface area contributed by atoms with Crippen LogP contribution >= 0.6 is 0 Å². The van der Waals surface area contributed by atoms with E-state index in [1.165, 1.54) is 18.3 Å². The van der Waals surface area contributed by atoms with Crippen molar-refractivity contribution >= 4 is 16.5 Å². The average Bonchev–Trinajstić information content (AvgIpc) is 2.39. The average molecular weight is 275 g/mol. The van der Waals surface area contributed by atoms with Crippen LogP contribution in [0.25, 0.3) is 0 Å². The van der Waals surface area contributed by atoms with Crippen LogP contribution in [-0.4, -0.2) is 9.19 Å². The second-order valence-corrected chi connectivity index (χ2v) is 5.22. The van der Waals surface area contributed by atoms with Crippen LogP contribution in [0, 0.1) is 17.1 Å². The monoisotopic (exact) mass is 275 g/mol. The van der Waals surface area contributed by atoms with Crippen LogP contribution in [0.15, 0.2) is 41.4 Å². The Labute approximate surface area is 112 Å². The fraction of sp³-hybridized carbons (Fsp3) is 0.0769. The number of benzene rings is 1. The summed E-state index contributed by atoms with van der Waals surface area (Å²) < 4.78 is 25.7. The molecule has 4 nitrogen and oxygen atoms in total. The van der Waals surface area contributed by atoms with Crippen LogP contribution < -0.4 is 5.73 Å². The van der Waals surface area contributed by atoms with Crippen molar-refractivity contribution in [3.63, 3.8) is 0 Å². The van der Waals surface area contributed by atoms with Gasteiger partial charge in [-0.25, -0.2) is 9.37 Å². The van der Waals surface area contributed by atoms with E-state index in [2.05, 4.69) is 4.98 Å². The van der Waals surface area contributed by atoms with Crippen LogP contribution in [-0.2, 0) is 16.6 Å². The first-order valence-corrected chi connectivity index (χ1v) is 6.71. The van der Waals surface area contributed by atoms with E-state index in [-0.39, 0.29) is 22.0 Å². The third kappa shape index (κ3) is 2.95. The van der Waals surface area contributed by atoms with Gasteiger partial charge in [0.25, 0.3) is 0 Å². The van der Waals surface area contributed by atoms with Gasteiger partial charge in [0.2, 0.25) is 0 Å². The molecule has 0 aliphatic rings. The zero-order valence-electron chi connectivity index (χ0n) is 9.84. The third-order valence-electron chi connectivity index (χ3n) is 2.48. The number of pyridine rings is 1. The fourth-order valence-corrected chi connectivity index (χ4v) is 2.74. The van der Waals surface area contributed by atoms with Gasteiger partial charge in [0.05, 0.1) is 21.4 Å². The Morgan fingerprint density at radius 2 is 2.21 bits per heavy atom. The highest BCUT2D eigenvalue weighted by Crippen LogP contribution is 2.19. The Morgan fingerprint density at radius 1 is 1.42 bits per heavy atom. The molecular formula is C13H10FN3OS. The molecule has 1 aromatic carbocycles. The van der Waals surface area contributed by atoms with Gasteiger partial charge in [-0.05, 0) is 24.3 Å². The number of nitrogens with two attached hydrogens (primary N) is 1. The van der Waals surface area contributed by atoms with Crippen molar-refractivity contribution in [2.24, 2.45) is 0 Å². The molecule has 2 N–H and O–H groups in total. The van der Waals surface area contributed by atoms with Crippen molar-refractivity contribution in [3.05, 3.63) is 53.6 Å². The minimum absolute atomic E-state index is 0.0393. The zero-order valence-corrected chi connectivity index (χ0v) is 10.7. The molecule has 0 saturated carbocycles. The minimum Gasteiger partial charge on any atom is -0.399 e. The van der Waals surface area contributed by atoms with Crippen LogP contribution in [0.5, 0.6) is 0 Å². The van der Waals surface area contributed by atoms with Gasteiger partial charge >= 0.3 is 0 Å². The summed E-state index contributed by atoms with van der Waals surface area (Å²) in [6.07, 6.45) is 1.48. The number of nitriles is 1. The highest BCUT2D eigenvalue weighted by atomic mass is 32.2. The maximum Gasteiger partial charge on any atom is 0.144 e. The molecule has 0 bridgehead atoms. The lowest BCUT2D eigenvalue weighted by molar-refractivity contribution is 0.596. The van der Waals surface area contributed by atoms with Crippen LogP contribution in [0.3, 0.4) is 0 Å². The molecule has 1 heterocycles. The highest BCUT2D eigenvalue weighted by molar-refractivity contribution is 7.84. The summed E-state index contributed by atoms with van der Waals surface area (Å²) in [5.41, 5.74) is 6.44. The summed E-state index contributed by atoms with van der Waals surface area (Å²) in [6.45, 7) is 0. The lowest BCUT2D eigenvalue weighted by Crippen LogP contribution is -2.02. The number of halogens is 1. The van der Waals surface area contributed by atoms with E-state index in [0.29, 0.717) is 5.56 Å². The van der Waals surface area contributed by atoms with Crippen molar-refractivity contribution in [2.45, 2.75) is 10.6 Å². The Bertz CT molecular complexity index is 682. The van der Waals surface area contributed by atoms with E-state index in [0.717, 1.165) is 6.07 Å². The SMILES string of the molecule is N#Cc1ncccc1CS(=O)c1ccc(N)cc1F. The summed E-state index contributed by atoms with van der Waals surface area (Å²) >= 11 is 0. The lowest BCUT2D eigenvalue weighted by Gasteiger charge is -2.05. The van der Waals surface area contributed by atoms with Gasteiger partial charge in [-0.2, -0.15) is 5.26 Å². The summed E-state index contributed by atoms with van der Waals surface area (Å²) in [5, 5.41) is 8.89. The number of nitrogens with zero attached hydrogens (tertiary/aromatic N) is 2. The van der Waals surface area contributed by atoms with Gasteiger partial charge in [0, 0.05) is 17.4 Å². The number of nitrogen functional groups attached to an aromatic ring is 1. The van der Waals surface area contributed by atoms with Crippen molar-refractivity contribution in [2.75, 3.05) is 5.73 Å². The molecule has 0 fully saturated rings. The molecule has 19 heavy (non-hydrogen) atoms. The second kappa shape index (κ2) is 5.59. The molecule has 0 spiro atoms. The van der Waals surface area contributed by atoms with E-state index in [1.54, 1.807) is 12.1 Å². The first-order chi connectivity index (χ1) is 9.11. The van der Waals surface area contributed by atoms with Gasteiger partial charge in [0.1, 0.15) is 17.6 Å². The third-order valence-corrected chi connectivity index (χ3v) is 3.88. The predicted molar refractivity (Wildman–Crippen MR) is 69.9 cm³/mol.